The van der Waals surface area contributed by atoms with E-state index in [4.69, 9.17) is 14.6 Å². The maximum atomic E-state index is 12.9. The molecule has 0 aliphatic rings. The van der Waals surface area contributed by atoms with Crippen LogP contribution in [0.25, 0.3) is 0 Å². The van der Waals surface area contributed by atoms with Crippen LogP contribution in [0.3, 0.4) is 0 Å². The number of nitrogens with one attached hydrogen (secondary N) is 1. The topological polar surface area (TPSA) is 80.7 Å². The van der Waals surface area contributed by atoms with E-state index in [1.807, 2.05) is 0 Å². The quantitative estimate of drug-likeness (QED) is 0.530. The van der Waals surface area contributed by atoms with Gasteiger partial charge in [-0.05, 0) is 29.8 Å². The standard InChI is InChI=1S/C21H19F3N2O4S/c1-29-18-11-14(5-6-17(18)30-8-7-27)19(28)26-20-25-12-16(31-20)10-13-3-2-4-15(9-13)21(22,23)24/h2-6,9,11-12,27H,7-8,10H2,1H3,(H,25,26,28). The molecule has 0 atom stereocenters. The maximum absolute atomic E-state index is 12.9. The van der Waals surface area contributed by atoms with E-state index in [-0.39, 0.29) is 19.6 Å². The van der Waals surface area contributed by atoms with Crippen LogP contribution in [0.4, 0.5) is 18.3 Å². The fourth-order valence-corrected chi connectivity index (χ4v) is 3.60. The molecule has 0 radical (unpaired) electrons. The van der Waals surface area contributed by atoms with Crippen LogP contribution < -0.4 is 14.8 Å². The predicted molar refractivity (Wildman–Crippen MR) is 110 cm³/mol. The summed E-state index contributed by atoms with van der Waals surface area (Å²) in [6, 6.07) is 9.70. The number of hydrogen-bond donors (Lipinski definition) is 2. The summed E-state index contributed by atoms with van der Waals surface area (Å²) < 4.78 is 49.2. The minimum atomic E-state index is -4.40. The van der Waals surface area contributed by atoms with E-state index >= 15 is 0 Å². The number of methoxy groups -OCH3 is 1. The van der Waals surface area contributed by atoms with Crippen LogP contribution >= 0.6 is 11.3 Å². The molecule has 3 aromatic rings. The first kappa shape index (κ1) is 22.6. The Morgan fingerprint density at radius 3 is 2.71 bits per heavy atom. The fourth-order valence-electron chi connectivity index (χ4n) is 2.76. The van der Waals surface area contributed by atoms with Gasteiger partial charge in [-0.15, -0.1) is 11.3 Å². The number of hydrogen-bond acceptors (Lipinski definition) is 6. The van der Waals surface area contributed by atoms with Gasteiger partial charge in [0.05, 0.1) is 19.3 Å². The average Bonchev–Trinajstić information content (AvgIpc) is 3.18. The molecule has 31 heavy (non-hydrogen) atoms. The summed E-state index contributed by atoms with van der Waals surface area (Å²) in [7, 11) is 1.43. The number of carbonyl (C=O) groups is 1. The normalized spacial score (nSPS) is 11.3. The first-order valence-corrected chi connectivity index (χ1v) is 9.95. The van der Waals surface area contributed by atoms with Gasteiger partial charge in [-0.25, -0.2) is 4.98 Å². The molecule has 1 amide bonds. The molecule has 6 nitrogen and oxygen atoms in total. The molecule has 0 aliphatic carbocycles. The highest BCUT2D eigenvalue weighted by Gasteiger charge is 2.30. The molecule has 0 saturated heterocycles. The van der Waals surface area contributed by atoms with Gasteiger partial charge in [0.15, 0.2) is 16.6 Å². The number of alkyl halides is 3. The zero-order valence-electron chi connectivity index (χ0n) is 16.4. The number of carbonyl (C=O) groups excluding carboxylic acids is 1. The van der Waals surface area contributed by atoms with E-state index in [1.165, 1.54) is 36.8 Å². The lowest BCUT2D eigenvalue weighted by molar-refractivity contribution is -0.137. The zero-order valence-corrected chi connectivity index (χ0v) is 17.2. The van der Waals surface area contributed by atoms with Crippen molar-refractivity contribution in [3.63, 3.8) is 0 Å². The highest BCUT2D eigenvalue weighted by atomic mass is 32.1. The monoisotopic (exact) mass is 452 g/mol. The van der Waals surface area contributed by atoms with Gasteiger partial charge in [0.1, 0.15) is 6.61 Å². The second-order valence-electron chi connectivity index (χ2n) is 6.40. The molecule has 10 heteroatoms. The smallest absolute Gasteiger partial charge is 0.416 e. The zero-order chi connectivity index (χ0) is 22.4. The molecule has 164 valence electrons. The highest BCUT2D eigenvalue weighted by Crippen LogP contribution is 2.31. The van der Waals surface area contributed by atoms with Gasteiger partial charge in [-0.3, -0.25) is 10.1 Å². The van der Waals surface area contributed by atoms with Gasteiger partial charge in [0.2, 0.25) is 0 Å². The van der Waals surface area contributed by atoms with E-state index < -0.39 is 17.6 Å². The van der Waals surface area contributed by atoms with E-state index in [1.54, 1.807) is 18.2 Å². The summed E-state index contributed by atoms with van der Waals surface area (Å²) in [6.07, 6.45) is -2.61. The summed E-state index contributed by atoms with van der Waals surface area (Å²) in [5.74, 6) is 0.308. The number of rotatable bonds is 8. The van der Waals surface area contributed by atoms with Crippen LogP contribution in [0, 0.1) is 0 Å². The Hall–Kier alpha value is -3.11. The van der Waals surface area contributed by atoms with Crippen LogP contribution in [0.15, 0.2) is 48.7 Å². The highest BCUT2D eigenvalue weighted by molar-refractivity contribution is 7.15. The second-order valence-corrected chi connectivity index (χ2v) is 7.51. The van der Waals surface area contributed by atoms with Gasteiger partial charge >= 0.3 is 6.18 Å². The fraction of sp³-hybridized carbons (Fsp3) is 0.238. The molecule has 2 aromatic carbocycles. The molecule has 1 heterocycles. The third-order valence-corrected chi connectivity index (χ3v) is 5.09. The number of ether oxygens (including phenoxy) is 2. The van der Waals surface area contributed by atoms with E-state index in [0.717, 1.165) is 12.1 Å². The van der Waals surface area contributed by atoms with E-state index in [2.05, 4.69) is 10.3 Å². The molecule has 0 aliphatic heterocycles. The second kappa shape index (κ2) is 9.80. The van der Waals surface area contributed by atoms with Crippen molar-refractivity contribution in [2.24, 2.45) is 0 Å². The largest absolute Gasteiger partial charge is 0.493 e. The molecule has 0 saturated carbocycles. The van der Waals surface area contributed by atoms with Crippen molar-refractivity contribution in [1.29, 1.82) is 0 Å². The molecular formula is C21H19F3N2O4S. The number of amides is 1. The van der Waals surface area contributed by atoms with Crippen LogP contribution in [-0.2, 0) is 12.6 Å². The van der Waals surface area contributed by atoms with E-state index in [0.29, 0.717) is 32.6 Å². The van der Waals surface area contributed by atoms with Gasteiger partial charge in [-0.2, -0.15) is 13.2 Å². The van der Waals surface area contributed by atoms with Crippen LogP contribution in [0.5, 0.6) is 11.5 Å². The number of halogens is 3. The Labute approximate surface area is 180 Å². The Balaban J connectivity index is 1.68. The summed E-state index contributed by atoms with van der Waals surface area (Å²) in [4.78, 5) is 17.4. The third kappa shape index (κ3) is 5.96. The van der Waals surface area contributed by atoms with Crippen LogP contribution in [0.1, 0.15) is 26.4 Å². The van der Waals surface area contributed by atoms with Crippen molar-refractivity contribution in [3.8, 4) is 11.5 Å². The Morgan fingerprint density at radius 2 is 2.00 bits per heavy atom. The van der Waals surface area contributed by atoms with Crippen molar-refractivity contribution in [2.75, 3.05) is 25.6 Å². The average molecular weight is 452 g/mol. The predicted octanol–water partition coefficient (Wildman–Crippen LogP) is 4.38. The van der Waals surface area contributed by atoms with Crippen molar-refractivity contribution in [2.45, 2.75) is 12.6 Å². The first-order valence-electron chi connectivity index (χ1n) is 9.14. The summed E-state index contributed by atoms with van der Waals surface area (Å²) in [6.45, 7) is -0.0616. The summed E-state index contributed by atoms with van der Waals surface area (Å²) in [5, 5.41) is 11.8. The molecule has 0 unspecified atom stereocenters. The van der Waals surface area contributed by atoms with Gasteiger partial charge < -0.3 is 14.6 Å². The summed E-state index contributed by atoms with van der Waals surface area (Å²) in [5.41, 5.74) is 0.103. The number of benzene rings is 2. The number of aliphatic hydroxyl groups excluding tert-OH is 1. The SMILES string of the molecule is COc1cc(C(=O)Nc2ncc(Cc3cccc(C(F)(F)F)c3)s2)ccc1OCCO. The molecule has 0 spiro atoms. The minimum Gasteiger partial charge on any atom is -0.493 e. The molecular weight excluding hydrogens is 433 g/mol. The first-order chi connectivity index (χ1) is 14.8. The van der Waals surface area contributed by atoms with Gasteiger partial charge in [0.25, 0.3) is 5.91 Å². The third-order valence-electron chi connectivity index (χ3n) is 4.18. The van der Waals surface area contributed by atoms with Crippen molar-refractivity contribution in [1.82, 2.24) is 4.98 Å². The van der Waals surface area contributed by atoms with Crippen LogP contribution in [0.2, 0.25) is 0 Å². The van der Waals surface area contributed by atoms with Crippen molar-refractivity contribution < 1.29 is 32.5 Å². The Kier molecular flexibility index (Phi) is 7.13. The molecule has 2 N–H and O–H groups in total. The van der Waals surface area contributed by atoms with Gasteiger partial charge in [0, 0.05) is 23.1 Å². The summed E-state index contributed by atoms with van der Waals surface area (Å²) >= 11 is 1.18. The number of aliphatic hydroxyl groups is 1. The van der Waals surface area contributed by atoms with Crippen LogP contribution in [-0.4, -0.2) is 36.3 Å². The molecule has 3 rings (SSSR count). The lowest BCUT2D eigenvalue weighted by atomic mass is 10.1. The van der Waals surface area contributed by atoms with Crippen molar-refractivity contribution in [3.05, 3.63) is 70.2 Å². The lowest BCUT2D eigenvalue weighted by Gasteiger charge is -2.11. The Morgan fingerprint density at radius 1 is 1.19 bits per heavy atom. The molecule has 0 bridgehead atoms. The number of nitrogens with zero attached hydrogens (tertiary/aromatic N) is 1. The minimum absolute atomic E-state index is 0.0929. The van der Waals surface area contributed by atoms with Crippen molar-refractivity contribution >= 4 is 22.4 Å². The molecule has 1 aromatic heterocycles. The Bertz CT molecular complexity index is 1050. The number of anilines is 1. The van der Waals surface area contributed by atoms with E-state index in [9.17, 15) is 18.0 Å². The number of thiazole rings is 1. The molecule has 0 fully saturated rings. The number of aromatic nitrogens is 1. The maximum Gasteiger partial charge on any atom is 0.416 e. The van der Waals surface area contributed by atoms with Gasteiger partial charge in [-0.1, -0.05) is 18.2 Å². The lowest BCUT2D eigenvalue weighted by Crippen LogP contribution is -2.12.